The predicted molar refractivity (Wildman–Crippen MR) is 161 cm³/mol. The van der Waals surface area contributed by atoms with Crippen molar-refractivity contribution in [2.75, 3.05) is 20.4 Å². The molecule has 0 aromatic heterocycles. The van der Waals surface area contributed by atoms with E-state index in [9.17, 15) is 0 Å². The average Bonchev–Trinajstić information content (AvgIpc) is 3.37. The molecule has 3 saturated carbocycles. The van der Waals surface area contributed by atoms with E-state index in [4.69, 9.17) is 18.9 Å². The van der Waals surface area contributed by atoms with E-state index in [-0.39, 0.29) is 28.5 Å². The molecule has 4 aliphatic carbocycles. The second-order valence-electron chi connectivity index (χ2n) is 14.4. The van der Waals surface area contributed by atoms with Gasteiger partial charge in [-0.15, -0.1) is 0 Å². The van der Waals surface area contributed by atoms with Crippen molar-refractivity contribution in [2.45, 2.75) is 81.3 Å². The lowest BCUT2D eigenvalue weighted by Crippen LogP contribution is -2.85. The number of nitrogens with zero attached hydrogens (tertiary/aromatic N) is 1. The van der Waals surface area contributed by atoms with Gasteiger partial charge in [0.25, 0.3) is 0 Å². The highest BCUT2D eigenvalue weighted by atomic mass is 16.7. The molecule has 42 heavy (non-hydrogen) atoms. The third-order valence-electron chi connectivity index (χ3n) is 12.7. The minimum absolute atomic E-state index is 0.0433. The molecule has 3 heterocycles. The number of hydrogen-bond acceptors (Lipinski definition) is 5. The van der Waals surface area contributed by atoms with Crippen LogP contribution in [0, 0.1) is 17.3 Å². The van der Waals surface area contributed by atoms with Gasteiger partial charge in [-0.1, -0.05) is 73.7 Å². The minimum atomic E-state index is -0.408. The van der Waals surface area contributed by atoms with E-state index in [0.717, 1.165) is 43.7 Å². The molecule has 5 fully saturated rings. The molecule has 3 spiro atoms. The zero-order chi connectivity index (χ0) is 28.3. The molecule has 0 N–H and O–H groups in total. The van der Waals surface area contributed by atoms with Crippen LogP contribution in [0.1, 0.15) is 55.4 Å². The number of rotatable bonds is 5. The number of benzene rings is 3. The number of piperidine rings is 1. The highest BCUT2D eigenvalue weighted by Crippen LogP contribution is 2.79. The van der Waals surface area contributed by atoms with E-state index < -0.39 is 5.60 Å². The van der Waals surface area contributed by atoms with Crippen LogP contribution < -0.4 is 9.47 Å². The fourth-order valence-corrected chi connectivity index (χ4v) is 11.1. The van der Waals surface area contributed by atoms with E-state index >= 15 is 0 Å². The van der Waals surface area contributed by atoms with Gasteiger partial charge in [-0.3, -0.25) is 0 Å². The molecule has 5 nitrogen and oxygen atoms in total. The summed E-state index contributed by atoms with van der Waals surface area (Å²) in [5.41, 5.74) is 4.70. The zero-order valence-corrected chi connectivity index (χ0v) is 25.0. The Labute approximate surface area is 249 Å². The van der Waals surface area contributed by atoms with Crippen molar-refractivity contribution in [1.82, 2.24) is 4.90 Å². The molecular weight excluding hydrogens is 522 g/mol. The first kappa shape index (κ1) is 25.6. The number of fused-ring (bicyclic) bond motifs is 1. The lowest BCUT2D eigenvalue weighted by atomic mass is 9.32. The normalized spacial score (nSPS) is 40.6. The maximum Gasteiger partial charge on any atom is 0.166 e. The Kier molecular flexibility index (Phi) is 5.26. The number of hydrogen-bond donors (Lipinski definition) is 0. The van der Waals surface area contributed by atoms with Crippen molar-refractivity contribution in [2.24, 2.45) is 17.3 Å². The molecule has 3 aromatic carbocycles. The number of likely N-dealkylation sites (tertiary alicyclic amines) is 1. The highest BCUT2D eigenvalue weighted by molar-refractivity contribution is 5.64. The molecular formula is C37H41NO4. The van der Waals surface area contributed by atoms with E-state index in [1.54, 1.807) is 0 Å². The van der Waals surface area contributed by atoms with Gasteiger partial charge in [0.2, 0.25) is 0 Å². The predicted octanol–water partition coefficient (Wildman–Crippen LogP) is 6.32. The first-order valence-electron chi connectivity index (χ1n) is 15.9. The molecule has 8 unspecified atom stereocenters. The molecule has 5 heteroatoms. The van der Waals surface area contributed by atoms with Crippen LogP contribution in [0.2, 0.25) is 0 Å². The van der Waals surface area contributed by atoms with Crippen molar-refractivity contribution in [3.05, 3.63) is 95.1 Å². The van der Waals surface area contributed by atoms with Gasteiger partial charge in [0.1, 0.15) is 25.1 Å². The molecule has 7 aliphatic rings. The van der Waals surface area contributed by atoms with Crippen molar-refractivity contribution in [1.29, 1.82) is 0 Å². The summed E-state index contributed by atoms with van der Waals surface area (Å²) in [6.45, 7) is 6.74. The third-order valence-corrected chi connectivity index (χ3v) is 12.7. The van der Waals surface area contributed by atoms with Crippen LogP contribution in [0.5, 0.6) is 11.5 Å². The SMILES string of the molecule is CC1CC23CC4C(C)(Cc5ccccc5)OCOC14C1Oc4c(OCc5ccccc5)ccc5c4C12CCN(C)C3C5. The van der Waals surface area contributed by atoms with E-state index in [1.807, 2.05) is 0 Å². The molecule has 3 aromatic rings. The van der Waals surface area contributed by atoms with Crippen LogP contribution in [-0.2, 0) is 34.3 Å². The van der Waals surface area contributed by atoms with Gasteiger partial charge in [0.15, 0.2) is 11.5 Å². The fourth-order valence-electron chi connectivity index (χ4n) is 11.1. The summed E-state index contributed by atoms with van der Waals surface area (Å²) >= 11 is 0. The summed E-state index contributed by atoms with van der Waals surface area (Å²) in [5.74, 6) is 2.48. The van der Waals surface area contributed by atoms with Gasteiger partial charge in [-0.2, -0.15) is 0 Å². The first-order valence-corrected chi connectivity index (χ1v) is 15.9. The van der Waals surface area contributed by atoms with Crippen LogP contribution in [0.15, 0.2) is 72.8 Å². The summed E-state index contributed by atoms with van der Waals surface area (Å²) < 4.78 is 27.7. The van der Waals surface area contributed by atoms with Gasteiger partial charge in [0.05, 0.1) is 5.60 Å². The third kappa shape index (κ3) is 3.00. The van der Waals surface area contributed by atoms with Gasteiger partial charge in [0, 0.05) is 34.8 Å². The molecule has 4 bridgehead atoms. The summed E-state index contributed by atoms with van der Waals surface area (Å²) in [6, 6.07) is 26.3. The van der Waals surface area contributed by atoms with Crippen LogP contribution in [0.3, 0.4) is 0 Å². The topological polar surface area (TPSA) is 40.2 Å². The minimum Gasteiger partial charge on any atom is -0.485 e. The van der Waals surface area contributed by atoms with E-state index in [2.05, 4.69) is 98.6 Å². The Hall–Kier alpha value is -2.86. The summed E-state index contributed by atoms with van der Waals surface area (Å²) in [7, 11) is 2.36. The highest BCUT2D eigenvalue weighted by Gasteiger charge is 2.84. The van der Waals surface area contributed by atoms with Crippen LogP contribution in [0.25, 0.3) is 0 Å². The van der Waals surface area contributed by atoms with Crippen molar-refractivity contribution in [3.8, 4) is 11.5 Å². The van der Waals surface area contributed by atoms with Crippen molar-refractivity contribution >= 4 is 0 Å². The second-order valence-corrected chi connectivity index (χ2v) is 14.4. The Morgan fingerprint density at radius 1 is 0.929 bits per heavy atom. The molecule has 218 valence electrons. The molecule has 0 radical (unpaired) electrons. The Balaban J connectivity index is 1.21. The van der Waals surface area contributed by atoms with E-state index in [0.29, 0.717) is 25.4 Å². The number of ether oxygens (including phenoxy) is 4. The molecule has 10 rings (SSSR count). The standard InChI is InChI=1S/C37H41NO4/c1-24-19-35-21-29-34(2,20-25-10-6-4-7-11-25)40-23-41-37(24,29)33-36(35)16-17-38(3)30(35)18-27-14-15-28(32(42-33)31(27)36)39-22-26-12-8-5-9-13-26/h4-15,24,29-30,33H,16-23H2,1-3H3. The Morgan fingerprint density at radius 2 is 1.69 bits per heavy atom. The summed E-state index contributed by atoms with van der Waals surface area (Å²) in [6.07, 6.45) is 5.30. The molecule has 0 amide bonds. The van der Waals surface area contributed by atoms with Gasteiger partial charge in [-0.05, 0) is 74.9 Å². The maximum atomic E-state index is 7.41. The molecule has 8 atom stereocenters. The number of likely N-dealkylation sites (N-methyl/N-ethyl adjacent to an activating group) is 1. The van der Waals surface area contributed by atoms with Crippen LogP contribution in [0.4, 0.5) is 0 Å². The van der Waals surface area contributed by atoms with E-state index in [1.165, 1.54) is 28.7 Å². The fraction of sp³-hybridized carbons (Fsp3) is 0.514. The maximum absolute atomic E-state index is 7.41. The summed E-state index contributed by atoms with van der Waals surface area (Å²) in [4.78, 5) is 2.67. The lowest BCUT2D eigenvalue weighted by molar-refractivity contribution is -0.390. The molecule has 2 saturated heterocycles. The quantitative estimate of drug-likeness (QED) is 0.364. The molecule has 3 aliphatic heterocycles. The van der Waals surface area contributed by atoms with Crippen LogP contribution >= 0.6 is 0 Å². The second kappa shape index (κ2) is 8.62. The monoisotopic (exact) mass is 563 g/mol. The van der Waals surface area contributed by atoms with Crippen molar-refractivity contribution in [3.63, 3.8) is 0 Å². The van der Waals surface area contributed by atoms with Gasteiger partial charge < -0.3 is 23.8 Å². The Morgan fingerprint density at radius 3 is 2.48 bits per heavy atom. The van der Waals surface area contributed by atoms with Gasteiger partial charge >= 0.3 is 0 Å². The summed E-state index contributed by atoms with van der Waals surface area (Å²) in [5, 5.41) is 0. The van der Waals surface area contributed by atoms with Gasteiger partial charge in [-0.25, -0.2) is 0 Å². The smallest absolute Gasteiger partial charge is 0.166 e. The average molecular weight is 564 g/mol. The van der Waals surface area contributed by atoms with Crippen molar-refractivity contribution < 1.29 is 18.9 Å². The van der Waals surface area contributed by atoms with Crippen LogP contribution in [-0.4, -0.2) is 48.6 Å². The zero-order valence-electron chi connectivity index (χ0n) is 25.0. The first-order chi connectivity index (χ1) is 20.4. The Bertz CT molecular complexity index is 1540. The largest absolute Gasteiger partial charge is 0.485 e. The lowest BCUT2D eigenvalue weighted by Gasteiger charge is -2.77.